The van der Waals surface area contributed by atoms with Gasteiger partial charge in [-0.1, -0.05) is 32.0 Å². The van der Waals surface area contributed by atoms with Crippen LogP contribution in [0.2, 0.25) is 0 Å². The molecule has 29 heavy (non-hydrogen) atoms. The standard InChI is InChI=1S/C21H27N5O2S/c1-14(2)17(13-27)22-20-19-16(8-11-29-19)23-21(24-20)25-9-10-26(18(28)12-25)15-6-4-3-5-7-15/h3-7,14,17,27H,8-13H2,1-2H3,(H,22,23,24)/t17-/m0/s1. The van der Waals surface area contributed by atoms with Gasteiger partial charge >= 0.3 is 0 Å². The SMILES string of the molecule is CC(C)[C@H](CO)Nc1nc(N2CCN(c3ccccc3)C(=O)C2)nc2c1SCC2. The highest BCUT2D eigenvalue weighted by Gasteiger charge is 2.29. The van der Waals surface area contributed by atoms with Gasteiger partial charge < -0.3 is 20.2 Å². The van der Waals surface area contributed by atoms with Crippen molar-refractivity contribution in [3.8, 4) is 0 Å². The van der Waals surface area contributed by atoms with Gasteiger partial charge in [0.05, 0.1) is 23.2 Å². The molecule has 1 fully saturated rings. The lowest BCUT2D eigenvalue weighted by atomic mass is 10.1. The Bertz CT molecular complexity index is 877. The van der Waals surface area contributed by atoms with Crippen molar-refractivity contribution in [2.75, 3.05) is 47.1 Å². The number of benzene rings is 1. The number of hydrogen-bond acceptors (Lipinski definition) is 7. The Balaban J connectivity index is 1.56. The maximum absolute atomic E-state index is 12.8. The number of carbonyl (C=O) groups excluding carboxylic acids is 1. The number of nitrogens with one attached hydrogen (secondary N) is 1. The third kappa shape index (κ3) is 4.18. The maximum atomic E-state index is 12.8. The first-order valence-electron chi connectivity index (χ1n) is 10.1. The largest absolute Gasteiger partial charge is 0.394 e. The Kier molecular flexibility index (Phi) is 5.91. The summed E-state index contributed by atoms with van der Waals surface area (Å²) in [5.74, 6) is 2.67. The highest BCUT2D eigenvalue weighted by atomic mass is 32.2. The molecule has 0 bridgehead atoms. The maximum Gasteiger partial charge on any atom is 0.246 e. The van der Waals surface area contributed by atoms with Crippen molar-refractivity contribution < 1.29 is 9.90 Å². The molecular weight excluding hydrogens is 386 g/mol. The molecule has 154 valence electrons. The first kappa shape index (κ1) is 20.0. The first-order valence-corrected chi connectivity index (χ1v) is 11.1. The van der Waals surface area contributed by atoms with Gasteiger partial charge in [0.1, 0.15) is 12.4 Å². The second-order valence-electron chi connectivity index (χ2n) is 7.73. The van der Waals surface area contributed by atoms with Crippen LogP contribution >= 0.6 is 11.8 Å². The van der Waals surface area contributed by atoms with Gasteiger partial charge in [0.25, 0.3) is 0 Å². The van der Waals surface area contributed by atoms with Crippen molar-refractivity contribution in [3.63, 3.8) is 0 Å². The molecule has 1 aromatic carbocycles. The van der Waals surface area contributed by atoms with Gasteiger partial charge in [-0.25, -0.2) is 4.98 Å². The molecule has 4 rings (SSSR count). The number of rotatable bonds is 6. The average Bonchev–Trinajstić information content (AvgIpc) is 3.21. The molecule has 2 N–H and O–H groups in total. The van der Waals surface area contributed by atoms with E-state index in [9.17, 15) is 9.90 Å². The summed E-state index contributed by atoms with van der Waals surface area (Å²) in [6.45, 7) is 5.74. The Morgan fingerprint density at radius 3 is 2.69 bits per heavy atom. The highest BCUT2D eigenvalue weighted by molar-refractivity contribution is 7.99. The Morgan fingerprint density at radius 1 is 1.21 bits per heavy atom. The van der Waals surface area contributed by atoms with Gasteiger partial charge in [0, 0.05) is 31.0 Å². The van der Waals surface area contributed by atoms with Gasteiger partial charge in [0.15, 0.2) is 0 Å². The summed E-state index contributed by atoms with van der Waals surface area (Å²) >= 11 is 1.75. The number of hydrogen-bond donors (Lipinski definition) is 2. The van der Waals surface area contributed by atoms with Crippen molar-refractivity contribution in [1.82, 2.24) is 9.97 Å². The van der Waals surface area contributed by atoms with Crippen LogP contribution in [0.1, 0.15) is 19.5 Å². The third-order valence-corrected chi connectivity index (χ3v) is 6.53. The van der Waals surface area contributed by atoms with Crippen molar-refractivity contribution in [2.24, 2.45) is 5.92 Å². The van der Waals surface area contributed by atoms with Crippen LogP contribution in [-0.2, 0) is 11.2 Å². The zero-order valence-corrected chi connectivity index (χ0v) is 17.7. The van der Waals surface area contributed by atoms with E-state index >= 15 is 0 Å². The molecule has 0 aliphatic carbocycles. The minimum atomic E-state index is -0.0698. The van der Waals surface area contributed by atoms with E-state index in [4.69, 9.17) is 9.97 Å². The molecule has 2 aliphatic rings. The van der Waals surface area contributed by atoms with Crippen molar-refractivity contribution in [2.45, 2.75) is 31.2 Å². The zero-order valence-electron chi connectivity index (χ0n) is 16.8. The number of anilines is 3. The fraction of sp³-hybridized carbons (Fsp3) is 0.476. The number of amides is 1. The minimum Gasteiger partial charge on any atom is -0.394 e. The number of carbonyl (C=O) groups is 1. The topological polar surface area (TPSA) is 81.6 Å². The molecule has 0 unspecified atom stereocenters. The van der Waals surface area contributed by atoms with Gasteiger partial charge in [-0.15, -0.1) is 11.8 Å². The number of aliphatic hydroxyl groups excluding tert-OH is 1. The van der Waals surface area contributed by atoms with E-state index in [1.807, 2.05) is 40.1 Å². The number of para-hydroxylation sites is 1. The van der Waals surface area contributed by atoms with Crippen LogP contribution in [0.15, 0.2) is 35.2 Å². The first-order chi connectivity index (χ1) is 14.1. The monoisotopic (exact) mass is 413 g/mol. The molecule has 1 atom stereocenters. The van der Waals surface area contributed by atoms with E-state index in [0.29, 0.717) is 19.0 Å². The van der Waals surface area contributed by atoms with Crippen molar-refractivity contribution >= 4 is 35.1 Å². The summed E-state index contributed by atoms with van der Waals surface area (Å²) in [5, 5.41) is 13.1. The van der Waals surface area contributed by atoms with Gasteiger partial charge in [-0.3, -0.25) is 4.79 Å². The molecule has 1 aromatic heterocycles. The molecule has 3 heterocycles. The van der Waals surface area contributed by atoms with E-state index in [-0.39, 0.29) is 31.0 Å². The molecular formula is C21H27N5O2S. The predicted molar refractivity (Wildman–Crippen MR) is 117 cm³/mol. The minimum absolute atomic E-state index is 0.0463. The molecule has 1 saturated heterocycles. The number of thioether (sulfide) groups is 1. The Morgan fingerprint density at radius 2 is 2.00 bits per heavy atom. The van der Waals surface area contributed by atoms with Gasteiger partial charge in [-0.2, -0.15) is 4.98 Å². The van der Waals surface area contributed by atoms with Crippen molar-refractivity contribution in [1.29, 1.82) is 0 Å². The molecule has 0 radical (unpaired) electrons. The van der Waals surface area contributed by atoms with Crippen LogP contribution in [0.3, 0.4) is 0 Å². The number of piperazine rings is 1. The second-order valence-corrected chi connectivity index (χ2v) is 8.83. The summed E-state index contributed by atoms with van der Waals surface area (Å²) in [6.07, 6.45) is 0.896. The van der Waals surface area contributed by atoms with E-state index in [0.717, 1.165) is 34.3 Å². The summed E-state index contributed by atoms with van der Waals surface area (Å²) < 4.78 is 0. The lowest BCUT2D eigenvalue weighted by molar-refractivity contribution is -0.117. The van der Waals surface area contributed by atoms with Crippen LogP contribution in [0.5, 0.6) is 0 Å². The molecule has 1 amide bonds. The lowest BCUT2D eigenvalue weighted by Crippen LogP contribution is -2.51. The lowest BCUT2D eigenvalue weighted by Gasteiger charge is -2.34. The number of aryl methyl sites for hydroxylation is 1. The van der Waals surface area contributed by atoms with E-state index in [1.165, 1.54) is 0 Å². The molecule has 8 heteroatoms. The third-order valence-electron chi connectivity index (χ3n) is 5.40. The van der Waals surface area contributed by atoms with Crippen LogP contribution in [0.4, 0.5) is 17.5 Å². The highest BCUT2D eigenvalue weighted by Crippen LogP contribution is 2.37. The van der Waals surface area contributed by atoms with Crippen LogP contribution in [-0.4, -0.2) is 59.0 Å². The number of fused-ring (bicyclic) bond motifs is 1. The molecule has 0 saturated carbocycles. The van der Waals surface area contributed by atoms with E-state index in [2.05, 4.69) is 19.2 Å². The zero-order chi connectivity index (χ0) is 20.4. The van der Waals surface area contributed by atoms with Crippen LogP contribution < -0.4 is 15.1 Å². The average molecular weight is 414 g/mol. The fourth-order valence-electron chi connectivity index (χ4n) is 3.62. The molecule has 2 aromatic rings. The Labute approximate surface area is 175 Å². The quantitative estimate of drug-likeness (QED) is 0.753. The smallest absolute Gasteiger partial charge is 0.246 e. The summed E-state index contributed by atoms with van der Waals surface area (Å²) in [4.78, 5) is 27.2. The van der Waals surface area contributed by atoms with Gasteiger partial charge in [0.2, 0.25) is 11.9 Å². The number of aromatic nitrogens is 2. The number of nitrogens with zero attached hydrogens (tertiary/aromatic N) is 4. The Hall–Kier alpha value is -2.32. The predicted octanol–water partition coefficient (Wildman–Crippen LogP) is 2.41. The van der Waals surface area contributed by atoms with Gasteiger partial charge in [-0.05, 0) is 18.1 Å². The van der Waals surface area contributed by atoms with Crippen molar-refractivity contribution in [3.05, 3.63) is 36.0 Å². The summed E-state index contributed by atoms with van der Waals surface area (Å²) in [5.41, 5.74) is 1.95. The molecule has 2 aliphatic heterocycles. The normalized spacial score (nSPS) is 17.6. The second kappa shape index (κ2) is 8.59. The summed E-state index contributed by atoms with van der Waals surface area (Å²) in [7, 11) is 0. The van der Waals surface area contributed by atoms with Crippen LogP contribution in [0, 0.1) is 5.92 Å². The van der Waals surface area contributed by atoms with Crippen LogP contribution in [0.25, 0.3) is 0 Å². The molecule has 7 nitrogen and oxygen atoms in total. The van der Waals surface area contributed by atoms with E-state index in [1.54, 1.807) is 11.8 Å². The number of aliphatic hydroxyl groups is 1. The fourth-order valence-corrected chi connectivity index (χ4v) is 4.67. The summed E-state index contributed by atoms with van der Waals surface area (Å²) in [6, 6.07) is 9.69. The van der Waals surface area contributed by atoms with E-state index < -0.39 is 0 Å². The molecule has 0 spiro atoms.